The predicted molar refractivity (Wildman–Crippen MR) is 55.6 cm³/mol. The average molecular weight is 277 g/mol. The normalized spacial score (nSPS) is 37.9. The van der Waals surface area contributed by atoms with E-state index in [-0.39, 0.29) is 29.2 Å². The minimum Gasteiger partial charge on any atom is -0.481 e. The summed E-state index contributed by atoms with van der Waals surface area (Å²) in [5.74, 6) is -0.879. The van der Waals surface area contributed by atoms with Crippen LogP contribution in [0, 0.1) is 17.8 Å². The summed E-state index contributed by atoms with van der Waals surface area (Å²) < 4.78 is 5.23. The Morgan fingerprint density at radius 2 is 2.07 bits per heavy atom. The maximum Gasteiger partial charge on any atom is 0.316 e. The summed E-state index contributed by atoms with van der Waals surface area (Å²) >= 11 is 3.03. The van der Waals surface area contributed by atoms with E-state index in [9.17, 15) is 9.59 Å². The number of carbonyl (C=O) groups is 2. The molecule has 2 saturated carbocycles. The SMILES string of the molecule is O=C(CBr)OC1CC2CC(C(=O)O)C1C2. The first-order chi connectivity index (χ1) is 7.11. The molecule has 1 N–H and O–H groups in total. The highest BCUT2D eigenvalue weighted by molar-refractivity contribution is 9.09. The lowest BCUT2D eigenvalue weighted by Crippen LogP contribution is -2.33. The number of aliphatic carboxylic acids is 1. The number of carboxylic acids is 1. The minimum absolute atomic E-state index is 0.0375. The van der Waals surface area contributed by atoms with Crippen LogP contribution in [0.4, 0.5) is 0 Å². The number of alkyl halides is 1. The van der Waals surface area contributed by atoms with E-state index in [0.29, 0.717) is 5.92 Å². The Morgan fingerprint density at radius 1 is 1.33 bits per heavy atom. The van der Waals surface area contributed by atoms with Crippen LogP contribution in [0.3, 0.4) is 0 Å². The Bertz CT molecular complexity index is 291. The van der Waals surface area contributed by atoms with Crippen molar-refractivity contribution in [3.8, 4) is 0 Å². The summed E-state index contributed by atoms with van der Waals surface area (Å²) in [7, 11) is 0. The van der Waals surface area contributed by atoms with Gasteiger partial charge in [-0.05, 0) is 25.2 Å². The second-order valence-corrected chi connectivity index (χ2v) is 4.90. The zero-order chi connectivity index (χ0) is 11.0. The molecule has 15 heavy (non-hydrogen) atoms. The second kappa shape index (κ2) is 4.12. The van der Waals surface area contributed by atoms with Crippen LogP contribution in [-0.2, 0) is 14.3 Å². The summed E-state index contributed by atoms with van der Waals surface area (Å²) in [6, 6.07) is 0. The van der Waals surface area contributed by atoms with Crippen molar-refractivity contribution in [2.45, 2.75) is 25.4 Å². The molecular formula is C10H13BrO4. The van der Waals surface area contributed by atoms with Crippen molar-refractivity contribution >= 4 is 27.9 Å². The molecule has 2 rings (SSSR count). The smallest absolute Gasteiger partial charge is 0.316 e. The van der Waals surface area contributed by atoms with Crippen LogP contribution < -0.4 is 0 Å². The van der Waals surface area contributed by atoms with E-state index in [0.717, 1.165) is 19.3 Å². The number of esters is 1. The molecule has 0 aromatic heterocycles. The largest absolute Gasteiger partial charge is 0.481 e. The van der Waals surface area contributed by atoms with E-state index in [1.807, 2.05) is 0 Å². The van der Waals surface area contributed by atoms with Crippen molar-refractivity contribution in [3.05, 3.63) is 0 Å². The Labute approximate surface area is 96.1 Å². The van der Waals surface area contributed by atoms with Crippen LogP contribution in [0.15, 0.2) is 0 Å². The molecule has 0 aromatic carbocycles. The van der Waals surface area contributed by atoms with E-state index in [2.05, 4.69) is 15.9 Å². The molecule has 0 aromatic rings. The summed E-state index contributed by atoms with van der Waals surface area (Å²) in [5.41, 5.74) is 0. The van der Waals surface area contributed by atoms with Crippen molar-refractivity contribution < 1.29 is 19.4 Å². The highest BCUT2D eigenvalue weighted by atomic mass is 79.9. The van der Waals surface area contributed by atoms with Gasteiger partial charge in [0.25, 0.3) is 0 Å². The van der Waals surface area contributed by atoms with Gasteiger partial charge < -0.3 is 9.84 Å². The van der Waals surface area contributed by atoms with Crippen LogP contribution in [0.2, 0.25) is 0 Å². The van der Waals surface area contributed by atoms with Crippen molar-refractivity contribution in [2.75, 3.05) is 5.33 Å². The standard InChI is InChI=1S/C10H13BrO4/c11-4-9(12)15-8-3-5-1-6(8)7(2-5)10(13)14/h5-8H,1-4H2,(H,13,14). The van der Waals surface area contributed by atoms with E-state index in [1.165, 1.54) is 0 Å². The quantitative estimate of drug-likeness (QED) is 0.626. The van der Waals surface area contributed by atoms with Gasteiger partial charge in [0.05, 0.1) is 5.92 Å². The van der Waals surface area contributed by atoms with E-state index < -0.39 is 5.97 Å². The van der Waals surface area contributed by atoms with E-state index in [1.54, 1.807) is 0 Å². The van der Waals surface area contributed by atoms with Crippen molar-refractivity contribution in [3.63, 3.8) is 0 Å². The fraction of sp³-hybridized carbons (Fsp3) is 0.800. The van der Waals surface area contributed by atoms with Crippen LogP contribution in [0.1, 0.15) is 19.3 Å². The molecule has 2 aliphatic carbocycles. The van der Waals surface area contributed by atoms with Gasteiger partial charge >= 0.3 is 11.9 Å². The second-order valence-electron chi connectivity index (χ2n) is 4.34. The summed E-state index contributed by atoms with van der Waals surface area (Å²) in [5, 5.41) is 9.17. The summed E-state index contributed by atoms with van der Waals surface area (Å²) in [6.45, 7) is 0. The number of rotatable bonds is 3. The Balaban J connectivity index is 1.99. The lowest BCUT2D eigenvalue weighted by Gasteiger charge is -2.26. The number of fused-ring (bicyclic) bond motifs is 2. The van der Waals surface area contributed by atoms with Gasteiger partial charge in [-0.2, -0.15) is 0 Å². The number of hydrogen-bond acceptors (Lipinski definition) is 3. The molecule has 4 atom stereocenters. The number of hydrogen-bond donors (Lipinski definition) is 1. The van der Waals surface area contributed by atoms with Gasteiger partial charge in [-0.3, -0.25) is 9.59 Å². The highest BCUT2D eigenvalue weighted by Crippen LogP contribution is 2.49. The molecule has 0 spiro atoms. The first-order valence-corrected chi connectivity index (χ1v) is 6.22. The number of ether oxygens (including phenoxy) is 1. The first-order valence-electron chi connectivity index (χ1n) is 5.10. The summed E-state index contributed by atoms with van der Waals surface area (Å²) in [4.78, 5) is 22.0. The monoisotopic (exact) mass is 276 g/mol. The maximum absolute atomic E-state index is 11.1. The van der Waals surface area contributed by atoms with Crippen LogP contribution >= 0.6 is 15.9 Å². The van der Waals surface area contributed by atoms with Gasteiger partial charge in [-0.15, -0.1) is 0 Å². The molecule has 4 unspecified atom stereocenters. The van der Waals surface area contributed by atoms with Gasteiger partial charge in [0, 0.05) is 5.92 Å². The van der Waals surface area contributed by atoms with Crippen LogP contribution in [-0.4, -0.2) is 28.5 Å². The third kappa shape index (κ3) is 2.02. The molecule has 0 saturated heterocycles. The number of halogens is 1. The van der Waals surface area contributed by atoms with E-state index in [4.69, 9.17) is 9.84 Å². The lowest BCUT2D eigenvalue weighted by molar-refractivity contribution is -0.155. The number of carbonyl (C=O) groups excluding carboxylic acids is 1. The molecule has 0 heterocycles. The molecule has 2 aliphatic rings. The molecule has 0 aliphatic heterocycles. The van der Waals surface area contributed by atoms with Gasteiger partial charge in [0.15, 0.2) is 0 Å². The third-order valence-corrected chi connectivity index (χ3v) is 3.92. The van der Waals surface area contributed by atoms with Crippen LogP contribution in [0.5, 0.6) is 0 Å². The Morgan fingerprint density at radius 3 is 2.60 bits per heavy atom. The van der Waals surface area contributed by atoms with Crippen molar-refractivity contribution in [2.24, 2.45) is 17.8 Å². The van der Waals surface area contributed by atoms with Gasteiger partial charge in [-0.25, -0.2) is 0 Å². The molecule has 5 heteroatoms. The van der Waals surface area contributed by atoms with E-state index >= 15 is 0 Å². The topological polar surface area (TPSA) is 63.6 Å². The molecule has 84 valence electrons. The zero-order valence-corrected chi connectivity index (χ0v) is 9.77. The third-order valence-electron chi connectivity index (χ3n) is 3.46. The minimum atomic E-state index is -0.748. The van der Waals surface area contributed by atoms with Crippen molar-refractivity contribution in [1.82, 2.24) is 0 Å². The zero-order valence-electron chi connectivity index (χ0n) is 8.19. The number of carboxylic acid groups (broad SMARTS) is 1. The van der Waals surface area contributed by atoms with Crippen molar-refractivity contribution in [1.29, 1.82) is 0 Å². The average Bonchev–Trinajstić information content (AvgIpc) is 2.76. The summed E-state index contributed by atoms with van der Waals surface area (Å²) in [6.07, 6.45) is 2.32. The fourth-order valence-corrected chi connectivity index (χ4v) is 3.04. The maximum atomic E-state index is 11.1. The predicted octanol–water partition coefficient (Wildman–Crippen LogP) is 1.42. The molecule has 2 fully saturated rings. The Hall–Kier alpha value is -0.580. The molecule has 4 nitrogen and oxygen atoms in total. The van der Waals surface area contributed by atoms with Gasteiger partial charge in [-0.1, -0.05) is 15.9 Å². The lowest BCUT2D eigenvalue weighted by atomic mass is 9.87. The Kier molecular flexibility index (Phi) is 3.00. The molecule has 2 bridgehead atoms. The van der Waals surface area contributed by atoms with Crippen LogP contribution in [0.25, 0.3) is 0 Å². The fourth-order valence-electron chi connectivity index (χ4n) is 2.91. The first kappa shape index (κ1) is 10.9. The van der Waals surface area contributed by atoms with Gasteiger partial charge in [0.2, 0.25) is 0 Å². The molecule has 0 amide bonds. The molecule has 0 radical (unpaired) electrons. The molecular weight excluding hydrogens is 264 g/mol. The van der Waals surface area contributed by atoms with Gasteiger partial charge in [0.1, 0.15) is 11.4 Å². The highest BCUT2D eigenvalue weighted by Gasteiger charge is 2.50.